The van der Waals surface area contributed by atoms with Gasteiger partial charge in [0.05, 0.1) is 26.7 Å². The first-order valence-corrected chi connectivity index (χ1v) is 9.91. The van der Waals surface area contributed by atoms with Crippen molar-refractivity contribution in [3.8, 4) is 11.8 Å². The second kappa shape index (κ2) is 9.73. The smallest absolute Gasteiger partial charge is 0.259 e. The lowest BCUT2D eigenvalue weighted by atomic mass is 9.82. The molecule has 8 nitrogen and oxygen atoms in total. The Morgan fingerprint density at radius 2 is 2.00 bits per heavy atom. The van der Waals surface area contributed by atoms with Crippen molar-refractivity contribution in [3.63, 3.8) is 0 Å². The number of pyridine rings is 1. The first-order chi connectivity index (χ1) is 13.7. The van der Waals surface area contributed by atoms with E-state index in [0.29, 0.717) is 37.7 Å². The lowest BCUT2D eigenvalue weighted by Gasteiger charge is -2.39. The molecule has 2 amide bonds. The summed E-state index contributed by atoms with van der Waals surface area (Å²) >= 11 is 0. The Morgan fingerprint density at radius 1 is 1.18 bits per heavy atom. The van der Waals surface area contributed by atoms with Gasteiger partial charge in [0, 0.05) is 31.8 Å². The maximum absolute atomic E-state index is 13.5. The van der Waals surface area contributed by atoms with Crippen LogP contribution in [0.5, 0.6) is 11.8 Å². The number of carbonyl (C=O) groups excluding carboxylic acids is 2. The van der Waals surface area contributed by atoms with Gasteiger partial charge < -0.3 is 24.4 Å². The van der Waals surface area contributed by atoms with Gasteiger partial charge in [0.2, 0.25) is 17.7 Å². The molecule has 2 aliphatic rings. The van der Waals surface area contributed by atoms with Crippen LogP contribution in [0.1, 0.15) is 42.5 Å². The molecule has 8 heteroatoms. The van der Waals surface area contributed by atoms with E-state index in [1.165, 1.54) is 14.2 Å². The Kier molecular flexibility index (Phi) is 7.08. The monoisotopic (exact) mass is 391 g/mol. The molecule has 2 heterocycles. The molecule has 154 valence electrons. The molecule has 0 aromatic carbocycles. The van der Waals surface area contributed by atoms with Crippen LogP contribution in [-0.4, -0.2) is 68.3 Å². The number of amides is 2. The van der Waals surface area contributed by atoms with Crippen molar-refractivity contribution in [1.29, 1.82) is 0 Å². The van der Waals surface area contributed by atoms with Crippen LogP contribution < -0.4 is 14.8 Å². The molecular formula is C20H29N3O5. The number of fused-ring (bicyclic) bond motifs is 1. The molecule has 1 N–H and O–H groups in total. The molecule has 2 atom stereocenters. The minimum absolute atomic E-state index is 0.00724. The molecular weight excluding hydrogens is 362 g/mol. The average molecular weight is 391 g/mol. The van der Waals surface area contributed by atoms with E-state index in [-0.39, 0.29) is 29.7 Å². The number of methoxy groups -OCH3 is 2. The average Bonchev–Trinajstić information content (AvgIpc) is 2.77. The van der Waals surface area contributed by atoms with Gasteiger partial charge >= 0.3 is 0 Å². The van der Waals surface area contributed by atoms with Crippen molar-refractivity contribution in [1.82, 2.24) is 15.2 Å². The molecule has 1 aliphatic carbocycles. The van der Waals surface area contributed by atoms with Gasteiger partial charge in [-0.3, -0.25) is 9.59 Å². The summed E-state index contributed by atoms with van der Waals surface area (Å²) in [5.41, 5.74) is 0.379. The molecule has 1 saturated carbocycles. The fourth-order valence-corrected chi connectivity index (χ4v) is 4.03. The third-order valence-electron chi connectivity index (χ3n) is 5.43. The molecule has 1 saturated heterocycles. The van der Waals surface area contributed by atoms with Gasteiger partial charge in [0.15, 0.2) is 0 Å². The third kappa shape index (κ3) is 4.55. The van der Waals surface area contributed by atoms with E-state index in [4.69, 9.17) is 14.2 Å². The summed E-state index contributed by atoms with van der Waals surface area (Å²) in [6.45, 7) is 2.08. The number of carbonyl (C=O) groups is 2. The van der Waals surface area contributed by atoms with Gasteiger partial charge in [0.1, 0.15) is 5.56 Å². The quantitative estimate of drug-likeness (QED) is 0.842. The zero-order chi connectivity index (χ0) is 19.9. The molecule has 0 radical (unpaired) electrons. The third-order valence-corrected chi connectivity index (χ3v) is 5.43. The molecule has 0 bridgehead atoms. The molecule has 1 aromatic rings. The largest absolute Gasteiger partial charge is 0.481 e. The first kappa shape index (κ1) is 20.4. The second-order valence-corrected chi connectivity index (χ2v) is 7.12. The van der Waals surface area contributed by atoms with Gasteiger partial charge in [-0.2, -0.15) is 4.98 Å². The number of ether oxygens (including phenoxy) is 3. The molecule has 2 fully saturated rings. The van der Waals surface area contributed by atoms with Crippen molar-refractivity contribution in [3.05, 3.63) is 17.7 Å². The summed E-state index contributed by atoms with van der Waals surface area (Å²) in [7, 11) is 3.00. The Hall–Kier alpha value is -2.35. The summed E-state index contributed by atoms with van der Waals surface area (Å²) in [5.74, 6) is 0.248. The lowest BCUT2D eigenvalue weighted by Crippen LogP contribution is -2.51. The molecule has 3 rings (SSSR count). The zero-order valence-electron chi connectivity index (χ0n) is 16.6. The van der Waals surface area contributed by atoms with Gasteiger partial charge in [0.25, 0.3) is 5.91 Å². The van der Waals surface area contributed by atoms with Gasteiger partial charge in [-0.1, -0.05) is 12.8 Å². The first-order valence-electron chi connectivity index (χ1n) is 9.91. The van der Waals surface area contributed by atoms with Crippen LogP contribution in [0.2, 0.25) is 0 Å². The van der Waals surface area contributed by atoms with Crippen LogP contribution in [-0.2, 0) is 9.53 Å². The fraction of sp³-hybridized carbons (Fsp3) is 0.650. The van der Waals surface area contributed by atoms with E-state index < -0.39 is 0 Å². The summed E-state index contributed by atoms with van der Waals surface area (Å²) in [5, 5.41) is 2.96. The van der Waals surface area contributed by atoms with Crippen LogP contribution in [0.15, 0.2) is 12.1 Å². The Labute approximate surface area is 165 Å². The van der Waals surface area contributed by atoms with E-state index in [1.54, 1.807) is 12.1 Å². The van der Waals surface area contributed by atoms with E-state index in [1.807, 2.05) is 4.90 Å². The summed E-state index contributed by atoms with van der Waals surface area (Å²) < 4.78 is 16.0. The fourth-order valence-electron chi connectivity index (χ4n) is 4.03. The summed E-state index contributed by atoms with van der Waals surface area (Å²) in [4.78, 5) is 32.3. The predicted molar refractivity (Wildman–Crippen MR) is 103 cm³/mol. The highest BCUT2D eigenvalue weighted by Gasteiger charge is 2.38. The Morgan fingerprint density at radius 3 is 2.79 bits per heavy atom. The molecule has 1 aliphatic heterocycles. The van der Waals surface area contributed by atoms with Crippen LogP contribution in [0.25, 0.3) is 0 Å². The van der Waals surface area contributed by atoms with Crippen LogP contribution in [0.4, 0.5) is 0 Å². The lowest BCUT2D eigenvalue weighted by molar-refractivity contribution is -0.128. The predicted octanol–water partition coefficient (Wildman–Crippen LogP) is 1.64. The number of hydrogen-bond acceptors (Lipinski definition) is 6. The van der Waals surface area contributed by atoms with Crippen molar-refractivity contribution in [2.24, 2.45) is 5.92 Å². The number of aromatic nitrogens is 1. The topological polar surface area (TPSA) is 90.0 Å². The van der Waals surface area contributed by atoms with Gasteiger partial charge in [-0.05, 0) is 25.3 Å². The molecule has 0 spiro atoms. The van der Waals surface area contributed by atoms with E-state index >= 15 is 0 Å². The second-order valence-electron chi connectivity index (χ2n) is 7.12. The summed E-state index contributed by atoms with van der Waals surface area (Å²) in [6, 6.07) is 3.19. The number of rotatable bonds is 3. The van der Waals surface area contributed by atoms with Crippen molar-refractivity contribution in [2.45, 2.75) is 38.1 Å². The van der Waals surface area contributed by atoms with Crippen LogP contribution >= 0.6 is 0 Å². The summed E-state index contributed by atoms with van der Waals surface area (Å²) in [6.07, 6.45) is 4.33. The molecule has 1 aromatic heterocycles. The van der Waals surface area contributed by atoms with E-state index in [0.717, 1.165) is 32.1 Å². The van der Waals surface area contributed by atoms with Crippen molar-refractivity contribution >= 4 is 11.8 Å². The zero-order valence-corrected chi connectivity index (χ0v) is 16.6. The highest BCUT2D eigenvalue weighted by Crippen LogP contribution is 2.31. The number of nitrogens with zero attached hydrogens (tertiary/aromatic N) is 2. The minimum Gasteiger partial charge on any atom is -0.481 e. The van der Waals surface area contributed by atoms with Gasteiger partial charge in [-0.25, -0.2) is 0 Å². The highest BCUT2D eigenvalue weighted by atomic mass is 16.5. The number of nitrogens with one attached hydrogen (secondary N) is 1. The minimum atomic E-state index is -0.201. The van der Waals surface area contributed by atoms with E-state index in [9.17, 15) is 9.59 Å². The Bertz CT molecular complexity index is 696. The van der Waals surface area contributed by atoms with Crippen LogP contribution in [0.3, 0.4) is 0 Å². The highest BCUT2D eigenvalue weighted by molar-refractivity contribution is 5.97. The standard InChI is InChI=1S/C20H29N3O5/c1-26-17-9-8-15(19(22-17)27-2)20(25)23-11-5-12-28-13-10-21-18(24)14-6-3-4-7-16(14)23/h8-9,14,16H,3-7,10-13H2,1-2H3,(H,21,24)/t14-,16+/m1/s1. The van der Waals surface area contributed by atoms with Gasteiger partial charge in [-0.15, -0.1) is 0 Å². The van der Waals surface area contributed by atoms with E-state index in [2.05, 4.69) is 10.3 Å². The van der Waals surface area contributed by atoms with Crippen LogP contribution in [0, 0.1) is 5.92 Å². The number of hydrogen-bond donors (Lipinski definition) is 1. The molecule has 0 unspecified atom stereocenters. The normalized spacial score (nSPS) is 23.8. The van der Waals surface area contributed by atoms with Crippen molar-refractivity contribution < 1.29 is 23.8 Å². The Balaban J connectivity index is 1.92. The van der Waals surface area contributed by atoms with Crippen molar-refractivity contribution in [2.75, 3.05) is 40.5 Å². The maximum Gasteiger partial charge on any atom is 0.259 e. The maximum atomic E-state index is 13.5. The SMILES string of the molecule is COc1ccc(C(=O)N2CCCOCCNC(=O)[C@@H]3CCCC[C@@H]32)c(OC)n1. The molecule has 28 heavy (non-hydrogen) atoms.